The Labute approximate surface area is 123 Å². The summed E-state index contributed by atoms with van der Waals surface area (Å²) in [7, 11) is 1.80. The molecule has 20 heavy (non-hydrogen) atoms. The number of rotatable bonds is 8. The molecule has 2 rings (SSSR count). The van der Waals surface area contributed by atoms with Gasteiger partial charge in [-0.25, -0.2) is 0 Å². The molecule has 0 aliphatic carbocycles. The van der Waals surface area contributed by atoms with Gasteiger partial charge >= 0.3 is 0 Å². The lowest BCUT2D eigenvalue weighted by Gasteiger charge is -2.36. The summed E-state index contributed by atoms with van der Waals surface area (Å²) in [6.45, 7) is 6.83. The third-order valence-corrected chi connectivity index (χ3v) is 4.57. The van der Waals surface area contributed by atoms with Gasteiger partial charge in [0.25, 0.3) is 0 Å². The van der Waals surface area contributed by atoms with E-state index in [1.165, 1.54) is 45.2 Å². The minimum absolute atomic E-state index is 0.666. The molecule has 0 amide bonds. The van der Waals surface area contributed by atoms with Crippen LogP contribution in [0.15, 0.2) is 18.5 Å². The van der Waals surface area contributed by atoms with E-state index in [-0.39, 0.29) is 0 Å². The Balaban J connectivity index is 1.62. The van der Waals surface area contributed by atoms with Gasteiger partial charge in [0.05, 0.1) is 0 Å². The molecule has 0 N–H and O–H groups in total. The Hall–Kier alpha value is -0.870. The summed E-state index contributed by atoms with van der Waals surface area (Å²) in [4.78, 5) is 2.65. The van der Waals surface area contributed by atoms with Crippen molar-refractivity contribution in [2.75, 3.05) is 26.8 Å². The van der Waals surface area contributed by atoms with E-state index in [1.54, 1.807) is 7.11 Å². The van der Waals surface area contributed by atoms with Gasteiger partial charge in [0.2, 0.25) is 0 Å². The van der Waals surface area contributed by atoms with E-state index in [2.05, 4.69) is 23.1 Å². The van der Waals surface area contributed by atoms with Crippen LogP contribution in [0.3, 0.4) is 0 Å². The quantitative estimate of drug-likeness (QED) is 0.686. The first-order valence-electron chi connectivity index (χ1n) is 8.00. The average molecular weight is 279 g/mol. The standard InChI is InChI=1S/C16H29N3O/c1-15(6-13-19-10-4-9-17-19)18-11-7-16(8-12-18)5-3-14-20-2/h4,9-10,15-16H,3,5-8,11-14H2,1-2H3/t15-/m1/s1. The molecule has 0 spiro atoms. The maximum absolute atomic E-state index is 5.14. The number of likely N-dealkylation sites (tertiary alicyclic amines) is 1. The molecule has 0 aromatic carbocycles. The molecule has 1 aromatic rings. The fourth-order valence-electron chi connectivity index (χ4n) is 3.13. The number of aromatic nitrogens is 2. The summed E-state index contributed by atoms with van der Waals surface area (Å²) in [6, 6.07) is 2.66. The highest BCUT2D eigenvalue weighted by Gasteiger charge is 2.22. The number of piperidine rings is 1. The van der Waals surface area contributed by atoms with Crippen LogP contribution in [0.4, 0.5) is 0 Å². The topological polar surface area (TPSA) is 30.3 Å². The van der Waals surface area contributed by atoms with Gasteiger partial charge in [0.1, 0.15) is 0 Å². The summed E-state index contributed by atoms with van der Waals surface area (Å²) in [5, 5.41) is 4.27. The zero-order valence-corrected chi connectivity index (χ0v) is 13.0. The third kappa shape index (κ3) is 4.91. The van der Waals surface area contributed by atoms with Crippen molar-refractivity contribution in [2.24, 2.45) is 5.92 Å². The highest BCUT2D eigenvalue weighted by atomic mass is 16.5. The second kappa shape index (κ2) is 8.42. The normalized spacial score (nSPS) is 19.3. The lowest BCUT2D eigenvalue weighted by atomic mass is 9.91. The maximum atomic E-state index is 5.14. The van der Waals surface area contributed by atoms with E-state index in [9.17, 15) is 0 Å². The van der Waals surface area contributed by atoms with Gasteiger partial charge in [-0.05, 0) is 64.1 Å². The lowest BCUT2D eigenvalue weighted by molar-refractivity contribution is 0.120. The van der Waals surface area contributed by atoms with Crippen molar-refractivity contribution >= 4 is 0 Å². The van der Waals surface area contributed by atoms with Crippen LogP contribution in [-0.2, 0) is 11.3 Å². The zero-order valence-electron chi connectivity index (χ0n) is 13.0. The Morgan fingerprint density at radius 3 is 2.80 bits per heavy atom. The van der Waals surface area contributed by atoms with E-state index in [1.807, 2.05) is 16.9 Å². The summed E-state index contributed by atoms with van der Waals surface area (Å²) in [5.41, 5.74) is 0. The zero-order chi connectivity index (χ0) is 14.2. The SMILES string of the molecule is COCCCC1CCN([C@H](C)CCn2cccn2)CC1. The van der Waals surface area contributed by atoms with Gasteiger partial charge in [-0.2, -0.15) is 5.10 Å². The molecule has 1 aromatic heterocycles. The average Bonchev–Trinajstić information content (AvgIpc) is 2.99. The van der Waals surface area contributed by atoms with Gasteiger partial charge in [-0.15, -0.1) is 0 Å². The van der Waals surface area contributed by atoms with Gasteiger partial charge in [-0.3, -0.25) is 4.68 Å². The Morgan fingerprint density at radius 2 is 2.15 bits per heavy atom. The van der Waals surface area contributed by atoms with Crippen LogP contribution in [0, 0.1) is 5.92 Å². The van der Waals surface area contributed by atoms with Crippen molar-refractivity contribution in [1.82, 2.24) is 14.7 Å². The van der Waals surface area contributed by atoms with Gasteiger partial charge in [0.15, 0.2) is 0 Å². The molecule has 1 saturated heterocycles. The lowest BCUT2D eigenvalue weighted by Crippen LogP contribution is -2.40. The van der Waals surface area contributed by atoms with Crippen molar-refractivity contribution in [3.8, 4) is 0 Å². The van der Waals surface area contributed by atoms with E-state index in [4.69, 9.17) is 4.74 Å². The van der Waals surface area contributed by atoms with E-state index in [0.29, 0.717) is 6.04 Å². The predicted octanol–water partition coefficient (Wildman–Crippen LogP) is 2.80. The number of hydrogen-bond acceptors (Lipinski definition) is 3. The van der Waals surface area contributed by atoms with Gasteiger partial charge in [-0.1, -0.05) is 0 Å². The van der Waals surface area contributed by atoms with Gasteiger partial charge < -0.3 is 9.64 Å². The molecule has 4 nitrogen and oxygen atoms in total. The summed E-state index contributed by atoms with van der Waals surface area (Å²) < 4.78 is 7.18. The smallest absolute Gasteiger partial charge is 0.0489 e. The van der Waals surface area contributed by atoms with E-state index in [0.717, 1.165) is 19.1 Å². The molecule has 4 heteroatoms. The molecule has 0 bridgehead atoms. The minimum Gasteiger partial charge on any atom is -0.385 e. The number of hydrogen-bond donors (Lipinski definition) is 0. The molecule has 1 atom stereocenters. The summed E-state index contributed by atoms with van der Waals surface area (Å²) in [5.74, 6) is 0.916. The van der Waals surface area contributed by atoms with Crippen LogP contribution in [0.25, 0.3) is 0 Å². The van der Waals surface area contributed by atoms with Crippen molar-refractivity contribution in [3.05, 3.63) is 18.5 Å². The Bertz CT molecular complexity index is 345. The summed E-state index contributed by atoms with van der Waals surface area (Å²) >= 11 is 0. The molecule has 0 unspecified atom stereocenters. The summed E-state index contributed by atoms with van der Waals surface area (Å²) in [6.07, 6.45) is 10.4. The van der Waals surface area contributed by atoms with Crippen molar-refractivity contribution in [1.29, 1.82) is 0 Å². The van der Waals surface area contributed by atoms with Crippen LogP contribution in [-0.4, -0.2) is 47.5 Å². The molecule has 0 radical (unpaired) electrons. The predicted molar refractivity (Wildman–Crippen MR) is 81.7 cm³/mol. The number of ether oxygens (including phenoxy) is 1. The first-order chi connectivity index (χ1) is 9.79. The maximum Gasteiger partial charge on any atom is 0.0489 e. The second-order valence-corrected chi connectivity index (χ2v) is 6.02. The molecule has 0 saturated carbocycles. The van der Waals surface area contributed by atoms with E-state index < -0.39 is 0 Å². The number of aryl methyl sites for hydroxylation is 1. The van der Waals surface area contributed by atoms with Crippen molar-refractivity contribution in [2.45, 2.75) is 51.6 Å². The van der Waals surface area contributed by atoms with Crippen molar-refractivity contribution < 1.29 is 4.74 Å². The molecule has 1 aliphatic rings. The molecule has 1 fully saturated rings. The minimum atomic E-state index is 0.666. The van der Waals surface area contributed by atoms with Crippen LogP contribution in [0.1, 0.15) is 39.0 Å². The third-order valence-electron chi connectivity index (χ3n) is 4.57. The van der Waals surface area contributed by atoms with Crippen LogP contribution >= 0.6 is 0 Å². The molecule has 114 valence electrons. The second-order valence-electron chi connectivity index (χ2n) is 6.02. The van der Waals surface area contributed by atoms with Gasteiger partial charge in [0, 0.05) is 38.7 Å². The monoisotopic (exact) mass is 279 g/mol. The van der Waals surface area contributed by atoms with Crippen LogP contribution < -0.4 is 0 Å². The van der Waals surface area contributed by atoms with Crippen LogP contribution in [0.2, 0.25) is 0 Å². The largest absolute Gasteiger partial charge is 0.385 e. The number of methoxy groups -OCH3 is 1. The fourth-order valence-corrected chi connectivity index (χ4v) is 3.13. The molecular weight excluding hydrogens is 250 g/mol. The first kappa shape index (κ1) is 15.5. The van der Waals surface area contributed by atoms with Crippen LogP contribution in [0.5, 0.6) is 0 Å². The Kier molecular flexibility index (Phi) is 6.54. The Morgan fingerprint density at radius 1 is 1.35 bits per heavy atom. The van der Waals surface area contributed by atoms with E-state index >= 15 is 0 Å². The molecule has 2 heterocycles. The first-order valence-corrected chi connectivity index (χ1v) is 8.00. The number of nitrogens with zero attached hydrogens (tertiary/aromatic N) is 3. The molecule has 1 aliphatic heterocycles. The molecular formula is C16H29N3O. The van der Waals surface area contributed by atoms with Crippen molar-refractivity contribution in [3.63, 3.8) is 0 Å². The highest BCUT2D eigenvalue weighted by Crippen LogP contribution is 2.23. The fraction of sp³-hybridized carbons (Fsp3) is 0.812. The highest BCUT2D eigenvalue weighted by molar-refractivity contribution is 4.80.